The maximum Gasteiger partial charge on any atom is 0.252 e. The molecule has 0 radical (unpaired) electrons. The van der Waals surface area contributed by atoms with Gasteiger partial charge in [0.1, 0.15) is 11.9 Å². The number of hydrogen-bond donors (Lipinski definition) is 1. The molecule has 5 nitrogen and oxygen atoms in total. The van der Waals surface area contributed by atoms with Gasteiger partial charge in [0.15, 0.2) is 0 Å². The maximum absolute atomic E-state index is 12.1. The third-order valence-corrected chi connectivity index (χ3v) is 3.48. The molecule has 0 aromatic carbocycles. The van der Waals surface area contributed by atoms with Crippen molar-refractivity contribution in [2.75, 3.05) is 11.9 Å². The lowest BCUT2D eigenvalue weighted by Gasteiger charge is -2.15. The first-order valence-electron chi connectivity index (χ1n) is 6.25. The van der Waals surface area contributed by atoms with Crippen molar-refractivity contribution in [3.8, 4) is 0 Å². The van der Waals surface area contributed by atoms with Crippen LogP contribution in [-0.2, 0) is 9.59 Å². The number of anilines is 1. The second-order valence-corrected chi connectivity index (χ2v) is 5.52. The topological polar surface area (TPSA) is 62.3 Å². The average Bonchev–Trinajstić information content (AvgIpc) is 2.61. The van der Waals surface area contributed by atoms with Crippen LogP contribution in [0.1, 0.15) is 25.3 Å². The Morgan fingerprint density at radius 1 is 1.53 bits per heavy atom. The second-order valence-electron chi connectivity index (χ2n) is 4.60. The van der Waals surface area contributed by atoms with E-state index < -0.39 is 6.04 Å². The molecule has 1 aromatic rings. The van der Waals surface area contributed by atoms with Crippen LogP contribution in [0.4, 0.5) is 5.82 Å². The van der Waals surface area contributed by atoms with Gasteiger partial charge in [-0.2, -0.15) is 0 Å². The summed E-state index contributed by atoms with van der Waals surface area (Å²) in [7, 11) is 0. The summed E-state index contributed by atoms with van der Waals surface area (Å²) in [5.41, 5.74) is 0.934. The first kappa shape index (κ1) is 14.0. The summed E-state index contributed by atoms with van der Waals surface area (Å²) in [4.78, 5) is 29.4. The number of carbonyl (C=O) groups is 2. The van der Waals surface area contributed by atoms with E-state index in [1.165, 1.54) is 4.90 Å². The van der Waals surface area contributed by atoms with Crippen molar-refractivity contribution in [1.29, 1.82) is 0 Å². The van der Waals surface area contributed by atoms with Crippen LogP contribution in [0, 0.1) is 6.92 Å². The zero-order valence-electron chi connectivity index (χ0n) is 10.9. The molecule has 1 fully saturated rings. The first-order chi connectivity index (χ1) is 9.02. The number of aryl methyl sites for hydroxylation is 1. The van der Waals surface area contributed by atoms with Gasteiger partial charge in [0.2, 0.25) is 5.91 Å². The molecule has 2 heterocycles. The van der Waals surface area contributed by atoms with Crippen LogP contribution in [0.25, 0.3) is 0 Å². The molecule has 1 N–H and O–H groups in total. The third-order valence-electron chi connectivity index (χ3n) is 3.05. The fraction of sp³-hybridized carbons (Fsp3) is 0.462. The lowest BCUT2D eigenvalue weighted by atomic mass is 10.2. The number of aromatic nitrogens is 1. The number of halogens is 1. The van der Waals surface area contributed by atoms with E-state index in [0.29, 0.717) is 12.4 Å². The Bertz CT molecular complexity index is 519. The molecule has 1 unspecified atom stereocenters. The van der Waals surface area contributed by atoms with Crippen molar-refractivity contribution < 1.29 is 9.59 Å². The van der Waals surface area contributed by atoms with Crippen LogP contribution >= 0.6 is 15.9 Å². The van der Waals surface area contributed by atoms with E-state index >= 15 is 0 Å². The molecule has 1 saturated heterocycles. The molecule has 1 atom stereocenters. The molecule has 0 spiro atoms. The highest BCUT2D eigenvalue weighted by Crippen LogP contribution is 2.21. The van der Waals surface area contributed by atoms with Crippen LogP contribution < -0.4 is 5.32 Å². The number of likely N-dealkylation sites (tertiary alicyclic amines) is 1. The Morgan fingerprint density at radius 2 is 2.26 bits per heavy atom. The number of nitrogens with one attached hydrogen (secondary N) is 1. The van der Waals surface area contributed by atoms with E-state index in [2.05, 4.69) is 26.2 Å². The summed E-state index contributed by atoms with van der Waals surface area (Å²) in [6, 6.07) is 1.42. The van der Waals surface area contributed by atoms with Gasteiger partial charge in [-0.1, -0.05) is 6.92 Å². The van der Waals surface area contributed by atoms with E-state index in [4.69, 9.17) is 0 Å². The van der Waals surface area contributed by atoms with Gasteiger partial charge in [0, 0.05) is 17.2 Å². The van der Waals surface area contributed by atoms with Crippen LogP contribution in [0.15, 0.2) is 16.7 Å². The number of pyridine rings is 1. The van der Waals surface area contributed by atoms with Crippen molar-refractivity contribution in [2.45, 2.75) is 32.7 Å². The number of amides is 2. The number of imide groups is 1. The minimum atomic E-state index is -0.494. The number of nitrogens with zero attached hydrogens (tertiary/aromatic N) is 2. The SMILES string of the molecule is CCCN1C(=O)CC(Nc2ncc(Br)cc2C)C1=O. The average molecular weight is 326 g/mol. The monoisotopic (exact) mass is 325 g/mol. The molecule has 1 aliphatic rings. The van der Waals surface area contributed by atoms with Crippen LogP contribution in [0.5, 0.6) is 0 Å². The van der Waals surface area contributed by atoms with Crippen molar-refractivity contribution >= 4 is 33.6 Å². The Balaban J connectivity index is 2.12. The van der Waals surface area contributed by atoms with Gasteiger partial charge >= 0.3 is 0 Å². The zero-order valence-corrected chi connectivity index (χ0v) is 12.5. The number of hydrogen-bond acceptors (Lipinski definition) is 4. The van der Waals surface area contributed by atoms with Gasteiger partial charge in [-0.3, -0.25) is 14.5 Å². The molecule has 2 rings (SSSR count). The first-order valence-corrected chi connectivity index (χ1v) is 7.05. The standard InChI is InChI=1S/C13H16BrN3O2/c1-3-4-17-11(18)6-10(13(17)19)16-12-8(2)5-9(14)7-15-12/h5,7,10H,3-4,6H2,1-2H3,(H,15,16). The van der Waals surface area contributed by atoms with Gasteiger partial charge in [-0.15, -0.1) is 0 Å². The minimum absolute atomic E-state index is 0.112. The van der Waals surface area contributed by atoms with Crippen molar-refractivity contribution in [1.82, 2.24) is 9.88 Å². The largest absolute Gasteiger partial charge is 0.358 e. The fourth-order valence-electron chi connectivity index (χ4n) is 2.11. The van der Waals surface area contributed by atoms with E-state index in [9.17, 15) is 9.59 Å². The Labute approximate surface area is 120 Å². The van der Waals surface area contributed by atoms with Gasteiger partial charge in [0.25, 0.3) is 5.91 Å². The lowest BCUT2D eigenvalue weighted by Crippen LogP contribution is -2.35. The van der Waals surface area contributed by atoms with Crippen molar-refractivity contribution in [3.63, 3.8) is 0 Å². The highest BCUT2D eigenvalue weighted by atomic mass is 79.9. The molecular weight excluding hydrogens is 310 g/mol. The van der Waals surface area contributed by atoms with Crippen LogP contribution in [0.3, 0.4) is 0 Å². The highest BCUT2D eigenvalue weighted by molar-refractivity contribution is 9.10. The predicted octanol–water partition coefficient (Wildman–Crippen LogP) is 2.10. The lowest BCUT2D eigenvalue weighted by molar-refractivity contribution is -0.138. The molecule has 2 amide bonds. The molecule has 0 aliphatic carbocycles. The second kappa shape index (κ2) is 5.69. The summed E-state index contributed by atoms with van der Waals surface area (Å²) < 4.78 is 0.886. The minimum Gasteiger partial charge on any atom is -0.358 e. The van der Waals surface area contributed by atoms with E-state index in [1.54, 1.807) is 6.20 Å². The number of carbonyl (C=O) groups excluding carboxylic acids is 2. The van der Waals surface area contributed by atoms with E-state index in [1.807, 2.05) is 19.9 Å². The van der Waals surface area contributed by atoms with Crippen LogP contribution in [0.2, 0.25) is 0 Å². The molecule has 102 valence electrons. The van der Waals surface area contributed by atoms with Gasteiger partial charge < -0.3 is 5.32 Å². The fourth-order valence-corrected chi connectivity index (χ4v) is 2.56. The molecule has 19 heavy (non-hydrogen) atoms. The summed E-state index contributed by atoms with van der Waals surface area (Å²) in [6.45, 7) is 4.34. The highest BCUT2D eigenvalue weighted by Gasteiger charge is 2.38. The molecule has 1 aromatic heterocycles. The Hall–Kier alpha value is -1.43. The quantitative estimate of drug-likeness (QED) is 0.861. The van der Waals surface area contributed by atoms with E-state index in [-0.39, 0.29) is 18.2 Å². The predicted molar refractivity (Wildman–Crippen MR) is 75.7 cm³/mol. The normalized spacial score (nSPS) is 19.1. The van der Waals surface area contributed by atoms with Crippen LogP contribution in [-0.4, -0.2) is 34.3 Å². The smallest absolute Gasteiger partial charge is 0.252 e. The van der Waals surface area contributed by atoms with Crippen molar-refractivity contribution in [3.05, 3.63) is 22.3 Å². The zero-order chi connectivity index (χ0) is 14.0. The van der Waals surface area contributed by atoms with Gasteiger partial charge in [-0.05, 0) is 40.9 Å². The molecule has 0 bridgehead atoms. The summed E-state index contributed by atoms with van der Waals surface area (Å²) in [5, 5.41) is 3.06. The maximum atomic E-state index is 12.1. The van der Waals surface area contributed by atoms with Gasteiger partial charge in [-0.25, -0.2) is 4.98 Å². The molecule has 1 aliphatic heterocycles. The summed E-state index contributed by atoms with van der Waals surface area (Å²) in [6.07, 6.45) is 2.65. The van der Waals surface area contributed by atoms with Gasteiger partial charge in [0.05, 0.1) is 6.42 Å². The third kappa shape index (κ3) is 2.94. The van der Waals surface area contributed by atoms with Crippen molar-refractivity contribution in [2.24, 2.45) is 0 Å². The van der Waals surface area contributed by atoms with E-state index in [0.717, 1.165) is 16.5 Å². The molecule has 0 saturated carbocycles. The number of rotatable bonds is 4. The Morgan fingerprint density at radius 3 is 2.89 bits per heavy atom. The summed E-state index contributed by atoms with van der Waals surface area (Å²) >= 11 is 3.34. The molecule has 6 heteroatoms. The summed E-state index contributed by atoms with van der Waals surface area (Å²) in [5.74, 6) is 0.378. The molecular formula is C13H16BrN3O2. The Kier molecular flexibility index (Phi) is 4.19.